The summed E-state index contributed by atoms with van der Waals surface area (Å²) in [6.07, 6.45) is 6.44. The Labute approximate surface area is 128 Å². The molecule has 21 heavy (non-hydrogen) atoms. The summed E-state index contributed by atoms with van der Waals surface area (Å²) in [5.74, 6) is 0. The lowest BCUT2D eigenvalue weighted by Crippen LogP contribution is -2.24. The van der Waals surface area contributed by atoms with Gasteiger partial charge in [0.1, 0.15) is 6.61 Å². The summed E-state index contributed by atoms with van der Waals surface area (Å²) in [4.78, 5) is 15.4. The van der Waals surface area contributed by atoms with Gasteiger partial charge in [0, 0.05) is 18.9 Å². The number of benzene rings is 1. The third kappa shape index (κ3) is 5.67. The number of hydrogen-bond acceptors (Lipinski definition) is 3. The Morgan fingerprint density at radius 1 is 1.29 bits per heavy atom. The molecule has 0 atom stereocenters. The minimum Gasteiger partial charge on any atom is -0.445 e. The van der Waals surface area contributed by atoms with Crippen LogP contribution in [0.15, 0.2) is 54.9 Å². The van der Waals surface area contributed by atoms with Crippen molar-refractivity contribution in [2.75, 3.05) is 6.54 Å². The van der Waals surface area contributed by atoms with Gasteiger partial charge in [-0.25, -0.2) is 4.79 Å². The topological polar surface area (TPSA) is 51.2 Å². The normalized spacial score (nSPS) is 10.5. The molecule has 0 bridgehead atoms. The van der Waals surface area contributed by atoms with Crippen molar-refractivity contribution < 1.29 is 9.53 Å². The van der Waals surface area contributed by atoms with Crippen LogP contribution >= 0.6 is 11.6 Å². The van der Waals surface area contributed by atoms with Crippen molar-refractivity contribution in [2.24, 2.45) is 0 Å². The van der Waals surface area contributed by atoms with Crippen LogP contribution in [0.5, 0.6) is 0 Å². The zero-order valence-corrected chi connectivity index (χ0v) is 12.1. The predicted molar refractivity (Wildman–Crippen MR) is 82.9 cm³/mol. The van der Waals surface area contributed by atoms with Gasteiger partial charge in [-0.3, -0.25) is 4.98 Å². The van der Waals surface area contributed by atoms with E-state index in [0.717, 1.165) is 11.1 Å². The number of hydrogen-bond donors (Lipinski definition) is 1. The molecule has 0 radical (unpaired) electrons. The number of ether oxygens (including phenoxy) is 1. The van der Waals surface area contributed by atoms with Gasteiger partial charge in [-0.1, -0.05) is 54.1 Å². The Morgan fingerprint density at radius 2 is 2.10 bits per heavy atom. The van der Waals surface area contributed by atoms with E-state index in [0.29, 0.717) is 11.6 Å². The summed E-state index contributed by atoms with van der Waals surface area (Å²) in [7, 11) is 0. The first kappa shape index (κ1) is 15.1. The van der Waals surface area contributed by atoms with Crippen LogP contribution in [0.3, 0.4) is 0 Å². The summed E-state index contributed by atoms with van der Waals surface area (Å²) in [5.41, 5.74) is 1.83. The smallest absolute Gasteiger partial charge is 0.407 e. The van der Waals surface area contributed by atoms with Crippen LogP contribution < -0.4 is 5.32 Å². The van der Waals surface area contributed by atoms with Crippen LogP contribution in [0.2, 0.25) is 5.02 Å². The molecule has 0 aliphatic carbocycles. The monoisotopic (exact) mass is 302 g/mol. The van der Waals surface area contributed by atoms with Crippen molar-refractivity contribution in [2.45, 2.75) is 6.61 Å². The summed E-state index contributed by atoms with van der Waals surface area (Å²) in [5, 5.41) is 3.21. The fourth-order valence-electron chi connectivity index (χ4n) is 1.63. The number of pyridine rings is 1. The van der Waals surface area contributed by atoms with Crippen LogP contribution in [-0.2, 0) is 11.3 Å². The number of nitrogens with zero attached hydrogens (tertiary/aromatic N) is 1. The molecule has 0 aliphatic rings. The Hall–Kier alpha value is -2.33. The number of amides is 1. The lowest BCUT2D eigenvalue weighted by Gasteiger charge is -2.05. The number of carbonyl (C=O) groups is 1. The molecular formula is C16H15ClN2O2. The predicted octanol–water partition coefficient (Wildman–Crippen LogP) is 3.67. The van der Waals surface area contributed by atoms with Gasteiger partial charge in [0.05, 0.1) is 5.02 Å². The summed E-state index contributed by atoms with van der Waals surface area (Å²) >= 11 is 5.82. The van der Waals surface area contributed by atoms with Crippen molar-refractivity contribution in [1.29, 1.82) is 0 Å². The molecule has 0 spiro atoms. The molecule has 2 rings (SSSR count). The molecule has 5 heteroatoms. The zero-order chi connectivity index (χ0) is 14.9. The van der Waals surface area contributed by atoms with Gasteiger partial charge in [-0.2, -0.15) is 0 Å². The lowest BCUT2D eigenvalue weighted by molar-refractivity contribution is 0.141. The molecular weight excluding hydrogens is 288 g/mol. The van der Waals surface area contributed by atoms with Crippen LogP contribution in [0.4, 0.5) is 4.79 Å². The number of nitrogens with one attached hydrogen (secondary N) is 1. The minimum atomic E-state index is -0.451. The molecule has 1 heterocycles. The molecule has 108 valence electrons. The molecule has 1 N–H and O–H groups in total. The van der Waals surface area contributed by atoms with Gasteiger partial charge in [0.25, 0.3) is 0 Å². The molecule has 0 saturated heterocycles. The third-order valence-corrected chi connectivity index (χ3v) is 2.82. The standard InChI is InChI=1S/C16H15ClN2O2/c17-15-9-14(10-18-11-15)7-4-8-19-16(20)21-12-13-5-2-1-3-6-13/h1-7,9-11H,8,12H2,(H,19,20). The highest BCUT2D eigenvalue weighted by Gasteiger charge is 2.00. The maximum atomic E-state index is 11.5. The maximum Gasteiger partial charge on any atom is 0.407 e. The molecule has 1 aromatic carbocycles. The van der Waals surface area contributed by atoms with Gasteiger partial charge in [-0.15, -0.1) is 0 Å². The Kier molecular flexibility index (Phi) is 5.79. The van der Waals surface area contributed by atoms with Crippen LogP contribution in [0.1, 0.15) is 11.1 Å². The second-order valence-electron chi connectivity index (χ2n) is 4.28. The lowest BCUT2D eigenvalue weighted by atomic mass is 10.2. The molecule has 0 aliphatic heterocycles. The molecule has 0 unspecified atom stereocenters. The highest BCUT2D eigenvalue weighted by atomic mass is 35.5. The largest absolute Gasteiger partial charge is 0.445 e. The Morgan fingerprint density at radius 3 is 2.86 bits per heavy atom. The first-order chi connectivity index (χ1) is 10.2. The maximum absolute atomic E-state index is 11.5. The van der Waals surface area contributed by atoms with E-state index in [9.17, 15) is 4.79 Å². The number of aromatic nitrogens is 1. The highest BCUT2D eigenvalue weighted by molar-refractivity contribution is 6.30. The van der Waals surface area contributed by atoms with Crippen molar-refractivity contribution in [3.8, 4) is 0 Å². The summed E-state index contributed by atoms with van der Waals surface area (Å²) < 4.78 is 5.08. The van der Waals surface area contributed by atoms with E-state index in [2.05, 4.69) is 10.3 Å². The second kappa shape index (κ2) is 8.07. The van der Waals surface area contributed by atoms with Gasteiger partial charge in [0.15, 0.2) is 0 Å². The quantitative estimate of drug-likeness (QED) is 0.916. The molecule has 4 nitrogen and oxygen atoms in total. The Balaban J connectivity index is 1.69. The minimum absolute atomic E-state index is 0.259. The van der Waals surface area contributed by atoms with Crippen molar-refractivity contribution >= 4 is 23.8 Å². The first-order valence-electron chi connectivity index (χ1n) is 6.46. The number of carbonyl (C=O) groups excluding carboxylic acids is 1. The average molecular weight is 303 g/mol. The second-order valence-corrected chi connectivity index (χ2v) is 4.72. The number of rotatable bonds is 5. The van der Waals surface area contributed by atoms with E-state index in [1.807, 2.05) is 36.4 Å². The third-order valence-electron chi connectivity index (χ3n) is 2.61. The summed E-state index contributed by atoms with van der Waals surface area (Å²) in [6.45, 7) is 0.634. The van der Waals surface area contributed by atoms with Gasteiger partial charge >= 0.3 is 6.09 Å². The van der Waals surface area contributed by atoms with Crippen molar-refractivity contribution in [3.05, 3.63) is 71.0 Å². The van der Waals surface area contributed by atoms with Gasteiger partial charge < -0.3 is 10.1 Å². The molecule has 2 aromatic rings. The van der Waals surface area contributed by atoms with Crippen LogP contribution in [0, 0.1) is 0 Å². The van der Waals surface area contributed by atoms with E-state index in [1.54, 1.807) is 24.5 Å². The highest BCUT2D eigenvalue weighted by Crippen LogP contribution is 2.09. The van der Waals surface area contributed by atoms with E-state index in [4.69, 9.17) is 16.3 Å². The molecule has 1 amide bonds. The van der Waals surface area contributed by atoms with Gasteiger partial charge in [-0.05, 0) is 17.2 Å². The summed E-state index contributed by atoms with van der Waals surface area (Å²) in [6, 6.07) is 11.3. The van der Waals surface area contributed by atoms with Crippen molar-refractivity contribution in [3.63, 3.8) is 0 Å². The Bertz CT molecular complexity index is 615. The SMILES string of the molecule is O=C(NCC=Cc1cncc(Cl)c1)OCc1ccccc1. The number of halogens is 1. The van der Waals surface area contributed by atoms with E-state index in [1.165, 1.54) is 0 Å². The van der Waals surface area contributed by atoms with Gasteiger partial charge in [0.2, 0.25) is 0 Å². The zero-order valence-electron chi connectivity index (χ0n) is 11.3. The fraction of sp³-hybridized carbons (Fsp3) is 0.125. The molecule has 0 fully saturated rings. The van der Waals surface area contributed by atoms with Crippen LogP contribution in [0.25, 0.3) is 6.08 Å². The first-order valence-corrected chi connectivity index (χ1v) is 6.83. The van der Waals surface area contributed by atoms with E-state index in [-0.39, 0.29) is 6.61 Å². The van der Waals surface area contributed by atoms with Crippen molar-refractivity contribution in [1.82, 2.24) is 10.3 Å². The molecule has 1 aromatic heterocycles. The average Bonchev–Trinajstić information content (AvgIpc) is 2.51. The molecule has 0 saturated carbocycles. The fourth-order valence-corrected chi connectivity index (χ4v) is 1.81. The van der Waals surface area contributed by atoms with E-state index >= 15 is 0 Å². The van der Waals surface area contributed by atoms with E-state index < -0.39 is 6.09 Å². The van der Waals surface area contributed by atoms with Crippen LogP contribution in [-0.4, -0.2) is 17.6 Å². The number of alkyl carbamates (subject to hydrolysis) is 1.